The molecule has 1 saturated heterocycles. The second-order valence-electron chi connectivity index (χ2n) is 10.9. The number of aryl methyl sites for hydroxylation is 2. The predicted molar refractivity (Wildman–Crippen MR) is 152 cm³/mol. The first-order valence-electron chi connectivity index (χ1n) is 14.3. The zero-order valence-electron chi connectivity index (χ0n) is 23.2. The average molecular weight is 529 g/mol. The Labute approximate surface area is 231 Å². The minimum absolute atomic E-state index is 0.129. The number of piperidine rings is 1. The van der Waals surface area contributed by atoms with E-state index < -0.39 is 0 Å². The number of fused-ring (bicyclic) bond motifs is 3. The molecule has 0 aliphatic carbocycles. The van der Waals surface area contributed by atoms with Crippen molar-refractivity contribution in [3.63, 3.8) is 0 Å². The number of hydrogen-bond acceptors (Lipinski definition) is 5. The maximum Gasteiger partial charge on any atom is 0.226 e. The van der Waals surface area contributed by atoms with Crippen molar-refractivity contribution in [1.82, 2.24) is 24.6 Å². The minimum atomic E-state index is 0.129. The number of anilines is 1. The highest BCUT2D eigenvalue weighted by Gasteiger charge is 2.34. The zero-order chi connectivity index (χ0) is 27.2. The number of nitrogens with zero attached hydrogens (tertiary/aromatic N) is 6. The Morgan fingerprint density at radius 1 is 0.974 bits per heavy atom. The van der Waals surface area contributed by atoms with Gasteiger partial charge in [0.2, 0.25) is 11.8 Å². The number of benzene rings is 1. The molecule has 39 heavy (non-hydrogen) atoms. The Kier molecular flexibility index (Phi) is 8.71. The molecule has 0 saturated carbocycles. The number of carbonyl (C=O) groups is 2. The summed E-state index contributed by atoms with van der Waals surface area (Å²) in [6.45, 7) is 4.62. The van der Waals surface area contributed by atoms with Crippen molar-refractivity contribution in [1.29, 1.82) is 0 Å². The molecule has 1 aromatic carbocycles. The monoisotopic (exact) mass is 528 g/mol. The number of hydrogen-bond donors (Lipinski definition) is 0. The normalized spacial score (nSPS) is 20.3. The summed E-state index contributed by atoms with van der Waals surface area (Å²) in [5.74, 6) is 0.274. The molecule has 0 radical (unpaired) electrons. The molecule has 1 fully saturated rings. The SMILES string of the molecule is CCC(=O)N1CCC2CCCC(CN(C(=O)CCc3cnn(C)c3)Cc3ccccc31)N2Cc1ccncc1. The van der Waals surface area contributed by atoms with Crippen LogP contribution in [0.2, 0.25) is 0 Å². The van der Waals surface area contributed by atoms with Gasteiger partial charge in [-0.1, -0.05) is 31.5 Å². The lowest BCUT2D eigenvalue weighted by Crippen LogP contribution is -2.52. The lowest BCUT2D eigenvalue weighted by Gasteiger charge is -2.44. The van der Waals surface area contributed by atoms with Crippen LogP contribution < -0.4 is 4.90 Å². The van der Waals surface area contributed by atoms with Crippen LogP contribution in [0.15, 0.2) is 61.2 Å². The van der Waals surface area contributed by atoms with Crippen LogP contribution in [0.5, 0.6) is 0 Å². The zero-order valence-corrected chi connectivity index (χ0v) is 23.2. The highest BCUT2D eigenvalue weighted by molar-refractivity contribution is 5.94. The third kappa shape index (κ3) is 6.56. The molecule has 8 nitrogen and oxygen atoms in total. The van der Waals surface area contributed by atoms with Gasteiger partial charge < -0.3 is 9.80 Å². The Balaban J connectivity index is 1.48. The second kappa shape index (κ2) is 12.6. The summed E-state index contributed by atoms with van der Waals surface area (Å²) >= 11 is 0. The van der Waals surface area contributed by atoms with Crippen LogP contribution in [0, 0.1) is 0 Å². The molecule has 2 unspecified atom stereocenters. The van der Waals surface area contributed by atoms with Gasteiger partial charge >= 0.3 is 0 Å². The van der Waals surface area contributed by atoms with Gasteiger partial charge in [0.05, 0.1) is 6.20 Å². The summed E-state index contributed by atoms with van der Waals surface area (Å²) in [6.07, 6.45) is 13.3. The molecule has 5 rings (SSSR count). The van der Waals surface area contributed by atoms with E-state index in [1.165, 1.54) is 5.56 Å². The van der Waals surface area contributed by atoms with Crippen LogP contribution >= 0.6 is 0 Å². The predicted octanol–water partition coefficient (Wildman–Crippen LogP) is 4.35. The summed E-state index contributed by atoms with van der Waals surface area (Å²) in [5, 5.41) is 4.26. The molecule has 4 heterocycles. The molecule has 2 aliphatic rings. The molecule has 2 aliphatic heterocycles. The quantitative estimate of drug-likeness (QED) is 0.476. The smallest absolute Gasteiger partial charge is 0.226 e. The van der Waals surface area contributed by atoms with Gasteiger partial charge in [0, 0.05) is 82.4 Å². The molecular weight excluding hydrogens is 488 g/mol. The lowest BCUT2D eigenvalue weighted by atomic mass is 9.92. The van der Waals surface area contributed by atoms with Crippen molar-refractivity contribution in [2.45, 2.75) is 77.0 Å². The van der Waals surface area contributed by atoms with Crippen LogP contribution in [-0.4, -0.2) is 61.6 Å². The van der Waals surface area contributed by atoms with Gasteiger partial charge in [-0.3, -0.25) is 24.2 Å². The topological polar surface area (TPSA) is 74.6 Å². The molecule has 2 amide bonds. The molecule has 2 aromatic heterocycles. The highest BCUT2D eigenvalue weighted by atomic mass is 16.2. The molecular formula is C31H40N6O2. The molecule has 2 bridgehead atoms. The maximum atomic E-state index is 13.8. The first-order chi connectivity index (χ1) is 19.0. The van der Waals surface area contributed by atoms with Gasteiger partial charge in [0.25, 0.3) is 0 Å². The Hall–Kier alpha value is -3.52. The van der Waals surface area contributed by atoms with E-state index in [9.17, 15) is 9.59 Å². The Morgan fingerprint density at radius 3 is 2.54 bits per heavy atom. The number of pyridine rings is 1. The first-order valence-corrected chi connectivity index (χ1v) is 14.3. The molecule has 2 atom stereocenters. The van der Waals surface area contributed by atoms with Crippen molar-refractivity contribution >= 4 is 17.5 Å². The van der Waals surface area contributed by atoms with E-state index in [0.717, 1.165) is 49.0 Å². The van der Waals surface area contributed by atoms with Gasteiger partial charge in [-0.2, -0.15) is 5.10 Å². The number of para-hydroxylation sites is 1. The van der Waals surface area contributed by atoms with Crippen molar-refractivity contribution in [2.24, 2.45) is 7.05 Å². The minimum Gasteiger partial charge on any atom is -0.337 e. The van der Waals surface area contributed by atoms with E-state index in [-0.39, 0.29) is 17.9 Å². The molecule has 3 aromatic rings. The summed E-state index contributed by atoms with van der Waals surface area (Å²) < 4.78 is 1.78. The van der Waals surface area contributed by atoms with Crippen LogP contribution in [-0.2, 0) is 36.1 Å². The average Bonchev–Trinajstić information content (AvgIpc) is 3.38. The fraction of sp³-hybridized carbons (Fsp3) is 0.484. The highest BCUT2D eigenvalue weighted by Crippen LogP contribution is 2.32. The van der Waals surface area contributed by atoms with Crippen LogP contribution in [0.4, 0.5) is 5.69 Å². The van der Waals surface area contributed by atoms with Crippen molar-refractivity contribution in [3.8, 4) is 0 Å². The Bertz CT molecular complexity index is 1260. The van der Waals surface area contributed by atoms with E-state index in [4.69, 9.17) is 0 Å². The van der Waals surface area contributed by atoms with Gasteiger partial charge in [0.15, 0.2) is 0 Å². The fourth-order valence-electron chi connectivity index (χ4n) is 6.16. The van der Waals surface area contributed by atoms with E-state index >= 15 is 0 Å². The number of amides is 2. The lowest BCUT2D eigenvalue weighted by molar-refractivity contribution is -0.133. The third-order valence-corrected chi connectivity index (χ3v) is 8.23. The second-order valence-corrected chi connectivity index (χ2v) is 10.9. The number of carbonyl (C=O) groups excluding carboxylic acids is 2. The Morgan fingerprint density at radius 2 is 1.77 bits per heavy atom. The van der Waals surface area contributed by atoms with Crippen molar-refractivity contribution < 1.29 is 9.59 Å². The van der Waals surface area contributed by atoms with Gasteiger partial charge in [0.1, 0.15) is 0 Å². The molecule has 0 N–H and O–H groups in total. The molecule has 206 valence electrons. The standard InChI is InChI=1S/C31H40N6O2/c1-3-30(38)36-18-15-27-8-6-9-28(37(27)21-24-13-16-32-17-14-24)23-35(22-26-7-4-5-10-29(26)36)31(39)12-11-25-19-33-34(2)20-25/h4-5,7,10,13-14,16-17,19-20,27-28H,3,6,8-9,11-12,15,18,21-23H2,1-2H3. The van der Waals surface area contributed by atoms with Gasteiger partial charge in [-0.05, 0) is 60.6 Å². The number of rotatable bonds is 6. The molecule has 8 heteroatoms. The summed E-state index contributed by atoms with van der Waals surface area (Å²) in [7, 11) is 1.90. The maximum absolute atomic E-state index is 13.8. The summed E-state index contributed by atoms with van der Waals surface area (Å²) in [6, 6.07) is 12.9. The van der Waals surface area contributed by atoms with E-state index in [1.54, 1.807) is 4.68 Å². The van der Waals surface area contributed by atoms with Crippen LogP contribution in [0.25, 0.3) is 0 Å². The van der Waals surface area contributed by atoms with E-state index in [1.807, 2.05) is 66.8 Å². The third-order valence-electron chi connectivity index (χ3n) is 8.23. The van der Waals surface area contributed by atoms with Crippen molar-refractivity contribution in [2.75, 3.05) is 18.0 Å². The van der Waals surface area contributed by atoms with Gasteiger partial charge in [-0.15, -0.1) is 0 Å². The van der Waals surface area contributed by atoms with E-state index in [2.05, 4.69) is 33.2 Å². The first kappa shape index (κ1) is 27.1. The number of aromatic nitrogens is 3. The van der Waals surface area contributed by atoms with Crippen molar-refractivity contribution in [3.05, 3.63) is 77.9 Å². The molecule has 0 spiro atoms. The fourth-order valence-corrected chi connectivity index (χ4v) is 6.16. The van der Waals surface area contributed by atoms with Gasteiger partial charge in [-0.25, -0.2) is 0 Å². The van der Waals surface area contributed by atoms with E-state index in [0.29, 0.717) is 44.9 Å². The van der Waals surface area contributed by atoms with Crippen LogP contribution in [0.1, 0.15) is 62.1 Å². The summed E-state index contributed by atoms with van der Waals surface area (Å²) in [4.78, 5) is 37.9. The largest absolute Gasteiger partial charge is 0.337 e. The summed E-state index contributed by atoms with van der Waals surface area (Å²) in [5.41, 5.74) is 4.27. The van der Waals surface area contributed by atoms with Crippen LogP contribution in [0.3, 0.4) is 0 Å².